The highest BCUT2D eigenvalue weighted by molar-refractivity contribution is 6.06. The first kappa shape index (κ1) is 18.7. The van der Waals surface area contributed by atoms with Crippen LogP contribution in [0.25, 0.3) is 11.1 Å². The van der Waals surface area contributed by atoms with E-state index >= 15 is 0 Å². The van der Waals surface area contributed by atoms with Crippen LogP contribution in [0, 0.1) is 26.7 Å². The number of carbonyl (C=O) groups is 1. The topological polar surface area (TPSA) is 59.2 Å². The Morgan fingerprint density at radius 1 is 1.14 bits per heavy atom. The van der Waals surface area contributed by atoms with Crippen LogP contribution in [0.1, 0.15) is 52.1 Å². The predicted molar refractivity (Wildman–Crippen MR) is 109 cm³/mol. The van der Waals surface area contributed by atoms with Gasteiger partial charge < -0.3 is 9.42 Å². The van der Waals surface area contributed by atoms with Gasteiger partial charge in [-0.3, -0.25) is 4.79 Å². The number of nitrogens with zero attached hydrogens (tertiary/aromatic N) is 3. The molecular formula is C23H27N3O2. The number of benzene rings is 1. The van der Waals surface area contributed by atoms with Gasteiger partial charge in [0.1, 0.15) is 0 Å². The molecule has 4 rings (SSSR count). The summed E-state index contributed by atoms with van der Waals surface area (Å²) in [5.74, 6) is 0.751. The van der Waals surface area contributed by atoms with Gasteiger partial charge in [0, 0.05) is 18.8 Å². The molecule has 5 heteroatoms. The number of amides is 1. The number of pyridine rings is 1. The minimum Gasteiger partial charge on any atom is -0.339 e. The summed E-state index contributed by atoms with van der Waals surface area (Å²) in [7, 11) is 0. The smallest absolute Gasteiger partial charge is 0.258 e. The predicted octanol–water partition coefficient (Wildman–Crippen LogP) is 4.63. The zero-order chi connectivity index (χ0) is 19.7. The van der Waals surface area contributed by atoms with Crippen LogP contribution in [-0.2, 0) is 6.42 Å². The average Bonchev–Trinajstić information content (AvgIpc) is 3.07. The molecule has 1 aromatic carbocycles. The highest BCUT2D eigenvalue weighted by Crippen LogP contribution is 2.27. The molecule has 0 bridgehead atoms. The molecule has 146 valence electrons. The number of carbonyl (C=O) groups excluding carboxylic acids is 1. The lowest BCUT2D eigenvalue weighted by Crippen LogP contribution is -2.38. The summed E-state index contributed by atoms with van der Waals surface area (Å²) in [5, 5.41) is 4.73. The van der Waals surface area contributed by atoms with Crippen LogP contribution in [0.5, 0.6) is 0 Å². The van der Waals surface area contributed by atoms with Crippen molar-refractivity contribution in [2.45, 2.75) is 46.5 Å². The van der Waals surface area contributed by atoms with Crippen LogP contribution in [0.3, 0.4) is 0 Å². The van der Waals surface area contributed by atoms with Gasteiger partial charge in [0.15, 0.2) is 0 Å². The maximum absolute atomic E-state index is 13.2. The van der Waals surface area contributed by atoms with Crippen molar-refractivity contribution in [2.24, 2.45) is 5.92 Å². The molecule has 1 fully saturated rings. The van der Waals surface area contributed by atoms with Gasteiger partial charge in [0.2, 0.25) is 0 Å². The summed E-state index contributed by atoms with van der Waals surface area (Å²) in [6, 6.07) is 10.7. The lowest BCUT2D eigenvalue weighted by Gasteiger charge is -2.32. The molecule has 2 aromatic heterocycles. The Morgan fingerprint density at radius 2 is 1.86 bits per heavy atom. The van der Waals surface area contributed by atoms with E-state index in [0.717, 1.165) is 49.1 Å². The molecule has 3 heterocycles. The van der Waals surface area contributed by atoms with E-state index < -0.39 is 0 Å². The highest BCUT2D eigenvalue weighted by Gasteiger charge is 2.26. The van der Waals surface area contributed by atoms with E-state index in [9.17, 15) is 4.79 Å². The summed E-state index contributed by atoms with van der Waals surface area (Å²) in [6.45, 7) is 7.48. The monoisotopic (exact) mass is 377 g/mol. The normalized spacial score (nSPS) is 15.3. The van der Waals surface area contributed by atoms with Crippen molar-refractivity contribution in [1.29, 1.82) is 0 Å². The molecule has 5 nitrogen and oxygen atoms in total. The number of rotatable bonds is 4. The van der Waals surface area contributed by atoms with Gasteiger partial charge in [-0.05, 0) is 64.0 Å². The molecule has 1 aliphatic rings. The van der Waals surface area contributed by atoms with Crippen LogP contribution in [-0.4, -0.2) is 34.0 Å². The molecule has 0 unspecified atom stereocenters. The van der Waals surface area contributed by atoms with E-state index in [4.69, 9.17) is 4.52 Å². The van der Waals surface area contributed by atoms with E-state index in [1.54, 1.807) is 0 Å². The SMILES string of the molecule is Cc1ccc(CCC2CCN(C(=O)c3cc(C)nc4onc(C)c34)CC2)cc1. The third-order valence-electron chi connectivity index (χ3n) is 5.84. The van der Waals surface area contributed by atoms with Gasteiger partial charge in [0.25, 0.3) is 11.6 Å². The van der Waals surface area contributed by atoms with Gasteiger partial charge >= 0.3 is 0 Å². The molecule has 1 amide bonds. The molecule has 28 heavy (non-hydrogen) atoms. The van der Waals surface area contributed by atoms with Crippen LogP contribution in [0.15, 0.2) is 34.9 Å². The third kappa shape index (κ3) is 3.79. The fraction of sp³-hybridized carbons (Fsp3) is 0.435. The second kappa shape index (κ2) is 7.74. The maximum Gasteiger partial charge on any atom is 0.258 e. The second-order valence-corrected chi connectivity index (χ2v) is 8.02. The Balaban J connectivity index is 1.39. The molecular weight excluding hydrogens is 350 g/mol. The van der Waals surface area contributed by atoms with E-state index in [-0.39, 0.29) is 5.91 Å². The van der Waals surface area contributed by atoms with Crippen molar-refractivity contribution in [1.82, 2.24) is 15.0 Å². The standard InChI is InChI=1S/C23H27N3O2/c1-15-4-6-18(7-5-15)8-9-19-10-12-26(13-11-19)23(27)20-14-16(2)24-22-21(20)17(3)25-28-22/h4-7,14,19H,8-13H2,1-3H3. The lowest BCUT2D eigenvalue weighted by atomic mass is 9.90. The summed E-state index contributed by atoms with van der Waals surface area (Å²) in [5.41, 5.74) is 5.33. The van der Waals surface area contributed by atoms with E-state index in [2.05, 4.69) is 41.3 Å². The minimum absolute atomic E-state index is 0.0683. The first-order chi connectivity index (χ1) is 13.5. The Bertz CT molecular complexity index is 983. The molecule has 3 aromatic rings. The molecule has 0 spiro atoms. The number of aromatic nitrogens is 2. The number of piperidine rings is 1. The van der Waals surface area contributed by atoms with Gasteiger partial charge in [-0.25, -0.2) is 4.98 Å². The first-order valence-corrected chi connectivity index (χ1v) is 10.1. The Hall–Kier alpha value is -2.69. The molecule has 1 saturated heterocycles. The summed E-state index contributed by atoms with van der Waals surface area (Å²) in [4.78, 5) is 19.5. The Labute approximate surface area is 165 Å². The first-order valence-electron chi connectivity index (χ1n) is 10.1. The Kier molecular flexibility index (Phi) is 5.16. The molecule has 0 aliphatic carbocycles. The van der Waals surface area contributed by atoms with Crippen LogP contribution in [0.4, 0.5) is 0 Å². The number of fused-ring (bicyclic) bond motifs is 1. The fourth-order valence-electron chi connectivity index (χ4n) is 4.11. The van der Waals surface area contributed by atoms with Gasteiger partial charge in [0.05, 0.1) is 16.6 Å². The van der Waals surface area contributed by atoms with Crippen molar-refractivity contribution >= 4 is 17.0 Å². The van der Waals surface area contributed by atoms with Crippen molar-refractivity contribution in [3.63, 3.8) is 0 Å². The van der Waals surface area contributed by atoms with E-state index in [1.807, 2.05) is 24.8 Å². The molecule has 0 radical (unpaired) electrons. The number of likely N-dealkylation sites (tertiary alicyclic amines) is 1. The molecule has 0 saturated carbocycles. The molecule has 0 N–H and O–H groups in total. The quantitative estimate of drug-likeness (QED) is 0.665. The number of hydrogen-bond acceptors (Lipinski definition) is 4. The van der Waals surface area contributed by atoms with Gasteiger partial charge in [-0.2, -0.15) is 0 Å². The number of hydrogen-bond donors (Lipinski definition) is 0. The van der Waals surface area contributed by atoms with Crippen molar-refractivity contribution in [3.8, 4) is 0 Å². The third-order valence-corrected chi connectivity index (χ3v) is 5.84. The number of aryl methyl sites for hydroxylation is 4. The van der Waals surface area contributed by atoms with Crippen molar-refractivity contribution in [3.05, 3.63) is 58.4 Å². The minimum atomic E-state index is 0.0683. The highest BCUT2D eigenvalue weighted by atomic mass is 16.5. The maximum atomic E-state index is 13.2. The van der Waals surface area contributed by atoms with Crippen molar-refractivity contribution in [2.75, 3.05) is 13.1 Å². The van der Waals surface area contributed by atoms with Crippen LogP contribution >= 0.6 is 0 Å². The fourth-order valence-corrected chi connectivity index (χ4v) is 4.11. The lowest BCUT2D eigenvalue weighted by molar-refractivity contribution is 0.0688. The van der Waals surface area contributed by atoms with E-state index in [1.165, 1.54) is 17.5 Å². The van der Waals surface area contributed by atoms with Crippen LogP contribution in [0.2, 0.25) is 0 Å². The summed E-state index contributed by atoms with van der Waals surface area (Å²) < 4.78 is 5.27. The van der Waals surface area contributed by atoms with Crippen molar-refractivity contribution < 1.29 is 9.32 Å². The molecule has 0 atom stereocenters. The summed E-state index contributed by atoms with van der Waals surface area (Å²) in [6.07, 6.45) is 4.43. The molecule has 1 aliphatic heterocycles. The largest absolute Gasteiger partial charge is 0.339 e. The van der Waals surface area contributed by atoms with Gasteiger partial charge in [-0.1, -0.05) is 35.0 Å². The zero-order valence-corrected chi connectivity index (χ0v) is 16.9. The summed E-state index contributed by atoms with van der Waals surface area (Å²) >= 11 is 0. The van der Waals surface area contributed by atoms with Crippen LogP contribution < -0.4 is 0 Å². The van der Waals surface area contributed by atoms with E-state index in [0.29, 0.717) is 17.2 Å². The van der Waals surface area contributed by atoms with Gasteiger partial charge in [-0.15, -0.1) is 0 Å². The Morgan fingerprint density at radius 3 is 2.57 bits per heavy atom. The zero-order valence-electron chi connectivity index (χ0n) is 16.9. The second-order valence-electron chi connectivity index (χ2n) is 8.02. The average molecular weight is 377 g/mol.